The summed E-state index contributed by atoms with van der Waals surface area (Å²) in [5, 5.41) is 6.45. The first-order chi connectivity index (χ1) is 14.9. The van der Waals surface area contributed by atoms with Crippen molar-refractivity contribution in [2.24, 2.45) is 4.99 Å². The molecule has 7 nitrogen and oxygen atoms in total. The summed E-state index contributed by atoms with van der Waals surface area (Å²) >= 11 is 0. The molecule has 1 aromatic heterocycles. The van der Waals surface area contributed by atoms with E-state index in [1.54, 1.807) is 0 Å². The second-order valence-corrected chi connectivity index (χ2v) is 8.12. The van der Waals surface area contributed by atoms with Crippen molar-refractivity contribution >= 4 is 11.8 Å². The van der Waals surface area contributed by atoms with Gasteiger partial charge in [0.2, 0.25) is 0 Å². The number of halogens is 3. The Kier molecular flexibility index (Phi) is 8.36. The third kappa shape index (κ3) is 7.53. The largest absolute Gasteiger partial charge is 0.401 e. The maximum absolute atomic E-state index is 12.6. The van der Waals surface area contributed by atoms with Gasteiger partial charge in [-0.25, -0.2) is 9.98 Å². The van der Waals surface area contributed by atoms with E-state index in [-0.39, 0.29) is 6.04 Å². The molecule has 2 saturated heterocycles. The van der Waals surface area contributed by atoms with E-state index in [0.29, 0.717) is 38.6 Å². The van der Waals surface area contributed by atoms with E-state index in [2.05, 4.69) is 37.3 Å². The second kappa shape index (κ2) is 11.0. The highest BCUT2D eigenvalue weighted by atomic mass is 19.4. The van der Waals surface area contributed by atoms with Gasteiger partial charge in [0.25, 0.3) is 0 Å². The first-order valence-electron chi connectivity index (χ1n) is 11.1. The number of pyridine rings is 1. The highest BCUT2D eigenvalue weighted by molar-refractivity contribution is 5.80. The molecule has 0 bridgehead atoms. The van der Waals surface area contributed by atoms with E-state index in [1.165, 1.54) is 4.90 Å². The van der Waals surface area contributed by atoms with E-state index in [9.17, 15) is 13.2 Å². The number of aromatic nitrogens is 1. The Morgan fingerprint density at radius 3 is 2.52 bits per heavy atom. The van der Waals surface area contributed by atoms with E-state index >= 15 is 0 Å². The first-order valence-corrected chi connectivity index (χ1v) is 11.1. The fourth-order valence-corrected chi connectivity index (χ4v) is 4.02. The Bertz CT molecular complexity index is 700. The van der Waals surface area contributed by atoms with Crippen LogP contribution in [0, 0.1) is 0 Å². The van der Waals surface area contributed by atoms with Crippen molar-refractivity contribution in [3.05, 3.63) is 23.9 Å². The smallest absolute Gasteiger partial charge is 0.357 e. The van der Waals surface area contributed by atoms with Gasteiger partial charge < -0.3 is 20.4 Å². The second-order valence-electron chi connectivity index (χ2n) is 8.12. The molecule has 0 saturated carbocycles. The van der Waals surface area contributed by atoms with Crippen LogP contribution in [-0.2, 0) is 6.54 Å². The average molecular weight is 442 g/mol. The maximum atomic E-state index is 12.6. The van der Waals surface area contributed by atoms with Crippen LogP contribution in [0.3, 0.4) is 0 Å². The fourth-order valence-electron chi connectivity index (χ4n) is 4.02. The van der Waals surface area contributed by atoms with Crippen molar-refractivity contribution in [3.8, 4) is 0 Å². The Labute approximate surface area is 182 Å². The lowest BCUT2D eigenvalue weighted by Gasteiger charge is -2.34. The molecule has 2 aliphatic rings. The number of piperazine rings is 1. The number of nitrogens with zero attached hydrogens (tertiary/aromatic N) is 5. The lowest BCUT2D eigenvalue weighted by molar-refractivity contribution is -0.143. The molecular formula is C21H34F3N7. The van der Waals surface area contributed by atoms with Gasteiger partial charge in [0.15, 0.2) is 5.96 Å². The number of likely N-dealkylation sites (tertiary alicyclic amines) is 1. The Morgan fingerprint density at radius 2 is 1.90 bits per heavy atom. The standard InChI is InChI=1S/C21H34F3N7/c1-3-25-20(28-18-7-8-30(15-18)16-21(22,23)24)27-14-17-5-6-19(26-13-17)31-11-9-29(4-2)10-12-31/h5-6,13,18H,3-4,7-12,14-16H2,1-2H3,(H2,25,27,28). The third-order valence-corrected chi connectivity index (χ3v) is 5.73. The van der Waals surface area contributed by atoms with Crippen LogP contribution < -0.4 is 15.5 Å². The number of rotatable bonds is 7. The van der Waals surface area contributed by atoms with E-state index in [1.807, 2.05) is 25.3 Å². The van der Waals surface area contributed by atoms with Crippen LogP contribution in [0.5, 0.6) is 0 Å². The van der Waals surface area contributed by atoms with Gasteiger partial charge in [-0.05, 0) is 31.5 Å². The topological polar surface area (TPSA) is 59.0 Å². The molecule has 174 valence electrons. The third-order valence-electron chi connectivity index (χ3n) is 5.73. The average Bonchev–Trinajstić information content (AvgIpc) is 3.17. The van der Waals surface area contributed by atoms with Crippen molar-refractivity contribution in [1.82, 2.24) is 25.4 Å². The Morgan fingerprint density at radius 1 is 1.13 bits per heavy atom. The lowest BCUT2D eigenvalue weighted by atomic mass is 10.2. The maximum Gasteiger partial charge on any atom is 0.401 e. The zero-order chi connectivity index (χ0) is 22.3. The molecule has 2 fully saturated rings. The molecule has 1 unspecified atom stereocenters. The van der Waals surface area contributed by atoms with Gasteiger partial charge in [0.05, 0.1) is 13.1 Å². The number of anilines is 1. The molecule has 0 spiro atoms. The van der Waals surface area contributed by atoms with Crippen LogP contribution in [0.25, 0.3) is 0 Å². The minimum absolute atomic E-state index is 0.0394. The summed E-state index contributed by atoms with van der Waals surface area (Å²) in [4.78, 5) is 15.4. The molecule has 10 heteroatoms. The van der Waals surface area contributed by atoms with E-state index in [0.717, 1.165) is 44.1 Å². The minimum Gasteiger partial charge on any atom is -0.357 e. The SMILES string of the molecule is CCNC(=NCc1ccc(N2CCN(CC)CC2)nc1)NC1CCN(CC(F)(F)F)C1. The molecule has 3 heterocycles. The van der Waals surface area contributed by atoms with Gasteiger partial charge in [-0.2, -0.15) is 13.2 Å². The lowest BCUT2D eigenvalue weighted by Crippen LogP contribution is -2.46. The van der Waals surface area contributed by atoms with Crippen molar-refractivity contribution in [3.63, 3.8) is 0 Å². The molecule has 31 heavy (non-hydrogen) atoms. The summed E-state index contributed by atoms with van der Waals surface area (Å²) in [6.07, 6.45) is -1.63. The van der Waals surface area contributed by atoms with Gasteiger partial charge in [0, 0.05) is 58.1 Å². The quantitative estimate of drug-likeness (QED) is 0.498. The van der Waals surface area contributed by atoms with Gasteiger partial charge in [-0.3, -0.25) is 4.90 Å². The van der Waals surface area contributed by atoms with Crippen molar-refractivity contribution in [1.29, 1.82) is 0 Å². The van der Waals surface area contributed by atoms with Gasteiger partial charge in [-0.15, -0.1) is 0 Å². The van der Waals surface area contributed by atoms with Crippen LogP contribution in [0.15, 0.2) is 23.3 Å². The minimum atomic E-state index is -4.16. The normalized spacial score (nSPS) is 21.5. The summed E-state index contributed by atoms with van der Waals surface area (Å²) in [6.45, 7) is 10.4. The van der Waals surface area contributed by atoms with Crippen molar-refractivity contribution in [2.45, 2.75) is 39.0 Å². The Balaban J connectivity index is 1.51. The number of alkyl halides is 3. The number of aliphatic imine (C=N–C) groups is 1. The van der Waals surface area contributed by atoms with E-state index < -0.39 is 12.7 Å². The molecule has 0 amide bonds. The summed E-state index contributed by atoms with van der Waals surface area (Å²) < 4.78 is 37.8. The summed E-state index contributed by atoms with van der Waals surface area (Å²) in [6, 6.07) is 4.04. The summed E-state index contributed by atoms with van der Waals surface area (Å²) in [5.74, 6) is 1.62. The Hall–Kier alpha value is -2.07. The first kappa shape index (κ1) is 23.6. The predicted octanol–water partition coefficient (Wildman–Crippen LogP) is 1.92. The molecule has 2 aliphatic heterocycles. The molecule has 0 aliphatic carbocycles. The van der Waals surface area contributed by atoms with Crippen LogP contribution >= 0.6 is 0 Å². The van der Waals surface area contributed by atoms with Gasteiger partial charge in [0.1, 0.15) is 5.82 Å². The molecule has 0 aromatic carbocycles. The van der Waals surface area contributed by atoms with Crippen LogP contribution in [-0.4, -0.2) is 91.9 Å². The zero-order valence-corrected chi connectivity index (χ0v) is 18.5. The predicted molar refractivity (Wildman–Crippen MR) is 117 cm³/mol. The molecule has 1 aromatic rings. The monoisotopic (exact) mass is 441 g/mol. The molecular weight excluding hydrogens is 407 g/mol. The fraction of sp³-hybridized carbons (Fsp3) is 0.714. The van der Waals surface area contributed by atoms with Crippen molar-refractivity contribution < 1.29 is 13.2 Å². The molecule has 1 atom stereocenters. The molecule has 0 radical (unpaired) electrons. The molecule has 3 rings (SSSR count). The van der Waals surface area contributed by atoms with Gasteiger partial charge >= 0.3 is 6.18 Å². The highest BCUT2D eigenvalue weighted by Crippen LogP contribution is 2.20. The van der Waals surface area contributed by atoms with Gasteiger partial charge in [-0.1, -0.05) is 13.0 Å². The number of hydrogen-bond donors (Lipinski definition) is 2. The van der Waals surface area contributed by atoms with Crippen molar-refractivity contribution in [2.75, 3.05) is 63.8 Å². The van der Waals surface area contributed by atoms with Crippen LogP contribution in [0.4, 0.5) is 19.0 Å². The summed E-state index contributed by atoms with van der Waals surface area (Å²) in [7, 11) is 0. The van der Waals surface area contributed by atoms with Crippen LogP contribution in [0.1, 0.15) is 25.8 Å². The highest BCUT2D eigenvalue weighted by Gasteiger charge is 2.34. The zero-order valence-electron chi connectivity index (χ0n) is 18.5. The van der Waals surface area contributed by atoms with E-state index in [4.69, 9.17) is 0 Å². The molecule has 2 N–H and O–H groups in total. The summed E-state index contributed by atoms with van der Waals surface area (Å²) in [5.41, 5.74) is 0.998. The number of guanidine groups is 1. The number of hydrogen-bond acceptors (Lipinski definition) is 5. The van der Waals surface area contributed by atoms with Crippen LogP contribution in [0.2, 0.25) is 0 Å². The number of nitrogens with one attached hydrogen (secondary N) is 2. The number of likely N-dealkylation sites (N-methyl/N-ethyl adjacent to an activating group) is 1.